The smallest absolute Gasteiger partial charge is 0.272 e. The van der Waals surface area contributed by atoms with Gasteiger partial charge in [-0.15, -0.1) is 11.6 Å². The first-order valence-electron chi connectivity index (χ1n) is 6.12. The van der Waals surface area contributed by atoms with Gasteiger partial charge < -0.3 is 4.74 Å². The van der Waals surface area contributed by atoms with Crippen molar-refractivity contribution in [2.24, 2.45) is 5.92 Å². The van der Waals surface area contributed by atoms with Crippen LogP contribution in [-0.4, -0.2) is 23.5 Å². The van der Waals surface area contributed by atoms with E-state index in [2.05, 4.69) is 0 Å². The van der Waals surface area contributed by atoms with Gasteiger partial charge in [-0.25, -0.2) is 0 Å². The molecule has 0 aliphatic carbocycles. The minimum absolute atomic E-state index is 0.105. The summed E-state index contributed by atoms with van der Waals surface area (Å²) in [6, 6.07) is 6.78. The number of hydrogen-bond acceptors (Lipinski definition) is 3. The van der Waals surface area contributed by atoms with E-state index in [1.165, 1.54) is 6.07 Å². The molecule has 1 aliphatic rings. The number of alkyl halides is 1. The van der Waals surface area contributed by atoms with Crippen LogP contribution in [0.2, 0.25) is 0 Å². The van der Waals surface area contributed by atoms with Crippen LogP contribution in [0.3, 0.4) is 0 Å². The van der Waals surface area contributed by atoms with E-state index in [0.717, 1.165) is 19.4 Å². The number of nitrogens with zero attached hydrogens (tertiary/aromatic N) is 1. The monoisotopic (exact) mass is 269 g/mol. The van der Waals surface area contributed by atoms with E-state index in [1.807, 2.05) is 6.07 Å². The fraction of sp³-hybridized carbons (Fsp3) is 0.538. The highest BCUT2D eigenvalue weighted by Gasteiger charge is 2.25. The molecule has 1 aliphatic heterocycles. The van der Waals surface area contributed by atoms with E-state index in [-0.39, 0.29) is 16.0 Å². The zero-order valence-corrected chi connectivity index (χ0v) is 10.8. The fourth-order valence-corrected chi connectivity index (χ4v) is 2.65. The zero-order chi connectivity index (χ0) is 13.0. The molecule has 0 bridgehead atoms. The Bertz CT molecular complexity index is 418. The molecule has 1 saturated heterocycles. The van der Waals surface area contributed by atoms with Gasteiger partial charge in [-0.1, -0.05) is 18.2 Å². The van der Waals surface area contributed by atoms with Crippen LogP contribution in [-0.2, 0) is 11.2 Å². The molecule has 5 heteroatoms. The third kappa shape index (κ3) is 3.21. The van der Waals surface area contributed by atoms with E-state index in [4.69, 9.17) is 16.3 Å². The molecule has 2 atom stereocenters. The molecule has 2 unspecified atom stereocenters. The van der Waals surface area contributed by atoms with Crippen molar-refractivity contribution in [1.29, 1.82) is 0 Å². The lowest BCUT2D eigenvalue weighted by Crippen LogP contribution is -2.27. The van der Waals surface area contributed by atoms with Crippen LogP contribution in [0, 0.1) is 16.0 Å². The summed E-state index contributed by atoms with van der Waals surface area (Å²) in [6.45, 7) is 1.46. The van der Waals surface area contributed by atoms with Crippen LogP contribution in [0.5, 0.6) is 0 Å². The van der Waals surface area contributed by atoms with Crippen molar-refractivity contribution in [3.63, 3.8) is 0 Å². The lowest BCUT2D eigenvalue weighted by Gasteiger charge is -2.26. The molecular formula is C13H16ClNO3. The predicted molar refractivity (Wildman–Crippen MR) is 70.0 cm³/mol. The number of rotatable bonds is 4. The number of nitro benzene ring substituents is 1. The van der Waals surface area contributed by atoms with Crippen molar-refractivity contribution in [3.05, 3.63) is 39.9 Å². The number of para-hydroxylation sites is 1. The minimum atomic E-state index is -0.351. The van der Waals surface area contributed by atoms with Gasteiger partial charge in [0.2, 0.25) is 0 Å². The molecule has 0 radical (unpaired) electrons. The van der Waals surface area contributed by atoms with Gasteiger partial charge in [-0.2, -0.15) is 0 Å². The predicted octanol–water partition coefficient (Wildman–Crippen LogP) is 3.17. The summed E-state index contributed by atoms with van der Waals surface area (Å²) in [7, 11) is 0. The highest BCUT2D eigenvalue weighted by atomic mass is 35.5. The van der Waals surface area contributed by atoms with Gasteiger partial charge in [0, 0.05) is 23.6 Å². The molecule has 0 spiro atoms. The first-order chi connectivity index (χ1) is 8.68. The normalized spacial score (nSPS) is 21.5. The summed E-state index contributed by atoms with van der Waals surface area (Å²) in [6.07, 6.45) is 2.58. The molecule has 0 saturated carbocycles. The maximum absolute atomic E-state index is 10.9. The van der Waals surface area contributed by atoms with E-state index in [0.29, 0.717) is 24.5 Å². The van der Waals surface area contributed by atoms with E-state index in [9.17, 15) is 10.1 Å². The first-order valence-corrected chi connectivity index (χ1v) is 6.56. The average Bonchev–Trinajstić information content (AvgIpc) is 2.40. The molecule has 98 valence electrons. The Morgan fingerprint density at radius 3 is 2.94 bits per heavy atom. The van der Waals surface area contributed by atoms with Crippen molar-refractivity contribution in [1.82, 2.24) is 0 Å². The maximum atomic E-state index is 10.9. The van der Waals surface area contributed by atoms with Crippen molar-refractivity contribution in [2.75, 3.05) is 13.2 Å². The minimum Gasteiger partial charge on any atom is -0.381 e. The zero-order valence-electron chi connectivity index (χ0n) is 10.0. The van der Waals surface area contributed by atoms with Crippen LogP contribution in [0.1, 0.15) is 18.4 Å². The average molecular weight is 270 g/mol. The summed E-state index contributed by atoms with van der Waals surface area (Å²) in [5.41, 5.74) is 0.855. The number of ether oxygens (including phenoxy) is 1. The van der Waals surface area contributed by atoms with Gasteiger partial charge >= 0.3 is 0 Å². The Kier molecular flexibility index (Phi) is 4.55. The van der Waals surface area contributed by atoms with Crippen LogP contribution in [0.25, 0.3) is 0 Å². The van der Waals surface area contributed by atoms with Crippen LogP contribution < -0.4 is 0 Å². The quantitative estimate of drug-likeness (QED) is 0.479. The highest BCUT2D eigenvalue weighted by molar-refractivity contribution is 6.21. The van der Waals surface area contributed by atoms with Gasteiger partial charge in [0.15, 0.2) is 0 Å². The third-order valence-corrected chi connectivity index (χ3v) is 3.82. The number of benzene rings is 1. The van der Waals surface area contributed by atoms with Crippen molar-refractivity contribution in [3.8, 4) is 0 Å². The summed E-state index contributed by atoms with van der Waals surface area (Å²) in [5, 5.41) is 10.8. The van der Waals surface area contributed by atoms with E-state index >= 15 is 0 Å². The van der Waals surface area contributed by atoms with Crippen molar-refractivity contribution in [2.45, 2.75) is 24.6 Å². The standard InChI is InChI=1S/C13H16ClNO3/c14-12(11-5-3-7-18-9-11)8-10-4-1-2-6-13(10)15(16)17/h1-2,4,6,11-12H,3,5,7-9H2. The van der Waals surface area contributed by atoms with Crippen LogP contribution in [0.4, 0.5) is 5.69 Å². The summed E-state index contributed by atoms with van der Waals surface area (Å²) in [4.78, 5) is 10.6. The van der Waals surface area contributed by atoms with Gasteiger partial charge in [0.05, 0.1) is 11.5 Å². The first kappa shape index (κ1) is 13.3. The lowest BCUT2D eigenvalue weighted by atomic mass is 9.93. The maximum Gasteiger partial charge on any atom is 0.272 e. The Labute approximate surface area is 111 Å². The summed E-state index contributed by atoms with van der Waals surface area (Å²) >= 11 is 6.37. The summed E-state index contributed by atoms with van der Waals surface area (Å²) in [5.74, 6) is 0.292. The second kappa shape index (κ2) is 6.16. The molecule has 1 heterocycles. The third-order valence-electron chi connectivity index (χ3n) is 3.31. The van der Waals surface area contributed by atoms with Gasteiger partial charge in [0.1, 0.15) is 0 Å². The SMILES string of the molecule is O=[N+]([O-])c1ccccc1CC(Cl)C1CCCOC1. The van der Waals surface area contributed by atoms with Crippen LogP contribution in [0.15, 0.2) is 24.3 Å². The second-order valence-electron chi connectivity index (χ2n) is 4.58. The van der Waals surface area contributed by atoms with E-state index in [1.54, 1.807) is 12.1 Å². The lowest BCUT2D eigenvalue weighted by molar-refractivity contribution is -0.385. The Hall–Kier alpha value is -1.13. The molecule has 0 aromatic heterocycles. The summed E-state index contributed by atoms with van der Waals surface area (Å²) < 4.78 is 5.40. The largest absolute Gasteiger partial charge is 0.381 e. The topological polar surface area (TPSA) is 52.4 Å². The molecule has 18 heavy (non-hydrogen) atoms. The Balaban J connectivity index is 2.06. The molecule has 1 aromatic rings. The molecule has 4 nitrogen and oxygen atoms in total. The van der Waals surface area contributed by atoms with Gasteiger partial charge in [-0.05, 0) is 25.2 Å². The number of nitro groups is 1. The molecule has 0 N–H and O–H groups in total. The highest BCUT2D eigenvalue weighted by Crippen LogP contribution is 2.27. The molecule has 2 rings (SSSR count). The van der Waals surface area contributed by atoms with Crippen LogP contribution >= 0.6 is 11.6 Å². The second-order valence-corrected chi connectivity index (χ2v) is 5.14. The number of hydrogen-bond donors (Lipinski definition) is 0. The van der Waals surface area contributed by atoms with Gasteiger partial charge in [0.25, 0.3) is 5.69 Å². The van der Waals surface area contributed by atoms with Gasteiger partial charge in [-0.3, -0.25) is 10.1 Å². The number of halogens is 1. The molecule has 1 aromatic carbocycles. The van der Waals surface area contributed by atoms with E-state index < -0.39 is 0 Å². The fourth-order valence-electron chi connectivity index (χ4n) is 2.29. The molecule has 0 amide bonds. The van der Waals surface area contributed by atoms with Crippen molar-refractivity contribution >= 4 is 17.3 Å². The Morgan fingerprint density at radius 2 is 2.28 bits per heavy atom. The molecular weight excluding hydrogens is 254 g/mol. The Morgan fingerprint density at radius 1 is 1.50 bits per heavy atom. The van der Waals surface area contributed by atoms with Crippen molar-refractivity contribution < 1.29 is 9.66 Å². The molecule has 1 fully saturated rings.